The van der Waals surface area contributed by atoms with Gasteiger partial charge in [-0.25, -0.2) is 4.39 Å². The number of pyridine rings is 1. The normalized spacial score (nSPS) is 14.2. The van der Waals surface area contributed by atoms with Crippen LogP contribution < -0.4 is 14.5 Å². The third-order valence-corrected chi connectivity index (χ3v) is 5.77. The van der Waals surface area contributed by atoms with Crippen LogP contribution in [0.25, 0.3) is 0 Å². The highest BCUT2D eigenvalue weighted by Crippen LogP contribution is 2.36. The molecule has 2 aromatic carbocycles. The topological polar surface area (TPSA) is 83.0 Å². The van der Waals surface area contributed by atoms with Crippen molar-refractivity contribution in [2.75, 3.05) is 30.0 Å². The average Bonchev–Trinajstić information content (AvgIpc) is 2.86. The smallest absolute Gasteiger partial charge is 0.417 e. The summed E-state index contributed by atoms with van der Waals surface area (Å²) < 4.78 is 57.3. The van der Waals surface area contributed by atoms with Crippen LogP contribution in [-0.2, 0) is 22.2 Å². The molecule has 2 amide bonds. The Hall–Kier alpha value is -3.99. The fraction of sp³-hybridized carbons (Fsp3) is 0.240. The van der Waals surface area contributed by atoms with Crippen LogP contribution in [0.5, 0.6) is 5.75 Å². The van der Waals surface area contributed by atoms with E-state index in [4.69, 9.17) is 4.74 Å². The minimum atomic E-state index is -4.53. The summed E-state index contributed by atoms with van der Waals surface area (Å²) in [6, 6.07) is 11.6. The summed E-state index contributed by atoms with van der Waals surface area (Å²) in [7, 11) is 1.55. The number of hydrogen-bond acceptors (Lipinski definition) is 5. The van der Waals surface area contributed by atoms with Gasteiger partial charge in [0.15, 0.2) is 12.7 Å². The number of amides is 2. The van der Waals surface area contributed by atoms with Gasteiger partial charge in [0.25, 0.3) is 11.8 Å². The van der Waals surface area contributed by atoms with Crippen molar-refractivity contribution in [3.8, 4) is 5.75 Å². The number of alkyl halides is 3. The molecule has 0 saturated carbocycles. The molecule has 1 aliphatic rings. The molecule has 36 heavy (non-hydrogen) atoms. The first-order valence-corrected chi connectivity index (χ1v) is 10.8. The van der Waals surface area contributed by atoms with Crippen LogP contribution in [0.3, 0.4) is 0 Å². The standard InChI is InChI=1S/C25H21F4N3O4/c1-31-20-12-19(8-9-21(20)36-14-22(31)33)32(24(35)23(34)15-2-5-17(26)6-3-15)11-10-18-7-4-16(13-30-18)25(27,28)29/h2-9,12-13,23,34H,10-11,14H2,1H3/t23-/m1/s1. The second-order valence-electron chi connectivity index (χ2n) is 8.12. The highest BCUT2D eigenvalue weighted by Gasteiger charge is 2.31. The van der Waals surface area contributed by atoms with Gasteiger partial charge in [-0.15, -0.1) is 0 Å². The third kappa shape index (κ3) is 5.30. The van der Waals surface area contributed by atoms with Crippen LogP contribution in [0.2, 0.25) is 0 Å². The fourth-order valence-electron chi connectivity index (χ4n) is 3.70. The van der Waals surface area contributed by atoms with Gasteiger partial charge < -0.3 is 19.6 Å². The summed E-state index contributed by atoms with van der Waals surface area (Å²) in [5.41, 5.74) is 0.286. The van der Waals surface area contributed by atoms with Gasteiger partial charge in [-0.2, -0.15) is 13.2 Å². The molecular weight excluding hydrogens is 482 g/mol. The molecule has 2 heterocycles. The second kappa shape index (κ2) is 9.94. The first-order chi connectivity index (χ1) is 17.0. The van der Waals surface area contributed by atoms with Crippen molar-refractivity contribution >= 4 is 23.2 Å². The lowest BCUT2D eigenvalue weighted by Crippen LogP contribution is -2.38. The molecule has 1 N–H and O–H groups in total. The Morgan fingerprint density at radius 2 is 1.89 bits per heavy atom. The molecule has 0 fully saturated rings. The summed E-state index contributed by atoms with van der Waals surface area (Å²) in [5.74, 6) is -1.15. The molecule has 3 aromatic rings. The van der Waals surface area contributed by atoms with Crippen molar-refractivity contribution < 1.29 is 37.0 Å². The van der Waals surface area contributed by atoms with Crippen molar-refractivity contribution in [2.24, 2.45) is 0 Å². The lowest BCUT2D eigenvalue weighted by molar-refractivity contribution is -0.137. The van der Waals surface area contributed by atoms with Gasteiger partial charge in [0.2, 0.25) is 0 Å². The van der Waals surface area contributed by atoms with E-state index < -0.39 is 29.6 Å². The summed E-state index contributed by atoms with van der Waals surface area (Å²) >= 11 is 0. The van der Waals surface area contributed by atoms with E-state index in [1.54, 1.807) is 25.2 Å². The van der Waals surface area contributed by atoms with Crippen LogP contribution >= 0.6 is 0 Å². The predicted molar refractivity (Wildman–Crippen MR) is 122 cm³/mol. The maximum Gasteiger partial charge on any atom is 0.417 e. The molecule has 0 unspecified atom stereocenters. The Morgan fingerprint density at radius 3 is 2.53 bits per heavy atom. The number of halogens is 4. The number of benzene rings is 2. The molecule has 1 aromatic heterocycles. The predicted octanol–water partition coefficient (Wildman–Crippen LogP) is 3.90. The molecule has 0 aliphatic carbocycles. The zero-order valence-corrected chi connectivity index (χ0v) is 19.0. The van der Waals surface area contributed by atoms with Gasteiger partial charge >= 0.3 is 6.18 Å². The Kier molecular flexibility index (Phi) is 6.93. The van der Waals surface area contributed by atoms with Gasteiger partial charge in [0, 0.05) is 37.6 Å². The average molecular weight is 503 g/mol. The van der Waals surface area contributed by atoms with Crippen LogP contribution in [0.15, 0.2) is 60.8 Å². The zero-order chi connectivity index (χ0) is 26.0. The van der Waals surface area contributed by atoms with E-state index in [9.17, 15) is 32.3 Å². The number of aliphatic hydroxyl groups excluding tert-OH is 1. The number of carbonyl (C=O) groups is 2. The number of fused-ring (bicyclic) bond motifs is 1. The molecule has 4 rings (SSSR count). The van der Waals surface area contributed by atoms with E-state index in [1.807, 2.05) is 0 Å². The van der Waals surface area contributed by atoms with Crippen molar-refractivity contribution in [3.05, 3.63) is 83.4 Å². The van der Waals surface area contributed by atoms with Gasteiger partial charge in [-0.1, -0.05) is 12.1 Å². The maximum absolute atomic E-state index is 13.4. The minimum absolute atomic E-state index is 0.0489. The quantitative estimate of drug-likeness (QED) is 0.516. The van der Waals surface area contributed by atoms with Gasteiger partial charge in [-0.05, 0) is 48.0 Å². The van der Waals surface area contributed by atoms with E-state index in [0.717, 1.165) is 18.2 Å². The number of rotatable bonds is 6. The van der Waals surface area contributed by atoms with E-state index in [1.165, 1.54) is 28.0 Å². The van der Waals surface area contributed by atoms with Crippen molar-refractivity contribution in [2.45, 2.75) is 18.7 Å². The molecular formula is C25H21F4N3O4. The van der Waals surface area contributed by atoms with E-state index in [0.29, 0.717) is 29.0 Å². The number of hydrogen-bond donors (Lipinski definition) is 1. The van der Waals surface area contributed by atoms with Gasteiger partial charge in [0.05, 0.1) is 11.3 Å². The SMILES string of the molecule is CN1C(=O)COc2ccc(N(CCc3ccc(C(F)(F)F)cn3)C(=O)[C@H](O)c3ccc(F)cc3)cc21. The molecule has 0 saturated heterocycles. The molecule has 11 heteroatoms. The van der Waals surface area contributed by atoms with E-state index in [-0.39, 0.29) is 31.0 Å². The van der Waals surface area contributed by atoms with Crippen LogP contribution in [-0.4, -0.2) is 42.1 Å². The van der Waals surface area contributed by atoms with Crippen LogP contribution in [0.1, 0.15) is 22.9 Å². The number of ether oxygens (including phenoxy) is 1. The highest BCUT2D eigenvalue weighted by molar-refractivity contribution is 6.01. The summed E-state index contributed by atoms with van der Waals surface area (Å²) in [4.78, 5) is 31.9. The Balaban J connectivity index is 1.64. The number of aromatic nitrogens is 1. The number of aliphatic hydroxyl groups is 1. The lowest BCUT2D eigenvalue weighted by atomic mass is 10.1. The number of nitrogens with zero attached hydrogens (tertiary/aromatic N) is 3. The van der Waals surface area contributed by atoms with Gasteiger partial charge in [-0.3, -0.25) is 14.6 Å². The summed E-state index contributed by atoms with van der Waals surface area (Å²) in [5, 5.41) is 10.7. The van der Waals surface area contributed by atoms with Crippen molar-refractivity contribution in [1.29, 1.82) is 0 Å². The van der Waals surface area contributed by atoms with E-state index in [2.05, 4.69) is 4.98 Å². The fourth-order valence-corrected chi connectivity index (χ4v) is 3.70. The number of likely N-dealkylation sites (N-methyl/N-ethyl adjacent to an activating group) is 1. The molecule has 0 bridgehead atoms. The monoisotopic (exact) mass is 503 g/mol. The zero-order valence-electron chi connectivity index (χ0n) is 19.0. The Morgan fingerprint density at radius 1 is 1.17 bits per heavy atom. The highest BCUT2D eigenvalue weighted by atomic mass is 19.4. The van der Waals surface area contributed by atoms with Crippen LogP contribution in [0, 0.1) is 5.82 Å². The maximum atomic E-state index is 13.4. The largest absolute Gasteiger partial charge is 0.482 e. The molecule has 0 spiro atoms. The first-order valence-electron chi connectivity index (χ1n) is 10.8. The van der Waals surface area contributed by atoms with Crippen molar-refractivity contribution in [1.82, 2.24) is 4.98 Å². The number of carbonyl (C=O) groups excluding carboxylic acids is 2. The minimum Gasteiger partial charge on any atom is -0.482 e. The third-order valence-electron chi connectivity index (χ3n) is 5.77. The molecule has 7 nitrogen and oxygen atoms in total. The van der Waals surface area contributed by atoms with E-state index >= 15 is 0 Å². The summed E-state index contributed by atoms with van der Waals surface area (Å²) in [6.45, 7) is -0.179. The molecule has 0 radical (unpaired) electrons. The molecule has 1 atom stereocenters. The molecule has 1 aliphatic heterocycles. The van der Waals surface area contributed by atoms with Gasteiger partial charge in [0.1, 0.15) is 11.6 Å². The molecule has 188 valence electrons. The van der Waals surface area contributed by atoms with Crippen LogP contribution in [0.4, 0.5) is 28.9 Å². The van der Waals surface area contributed by atoms with Crippen molar-refractivity contribution in [3.63, 3.8) is 0 Å². The Labute approximate surface area is 203 Å². The first kappa shape index (κ1) is 25.1. The Bertz CT molecular complexity index is 1260. The lowest BCUT2D eigenvalue weighted by Gasteiger charge is -2.30. The second-order valence-corrected chi connectivity index (χ2v) is 8.12. The summed E-state index contributed by atoms with van der Waals surface area (Å²) in [6.07, 6.45) is -5.38. The number of anilines is 2.